The molecule has 0 bridgehead atoms. The van der Waals surface area contributed by atoms with Crippen molar-refractivity contribution in [2.45, 2.75) is 18.2 Å². The van der Waals surface area contributed by atoms with Crippen LogP contribution in [0.3, 0.4) is 0 Å². The fourth-order valence-corrected chi connectivity index (χ4v) is 3.31. The molecule has 1 N–H and O–H groups in total. The summed E-state index contributed by atoms with van der Waals surface area (Å²) in [5.74, 6) is -1.13. The second-order valence-electron chi connectivity index (χ2n) is 6.79. The number of anilines is 1. The van der Waals surface area contributed by atoms with E-state index in [0.717, 1.165) is 24.9 Å². The fourth-order valence-electron chi connectivity index (χ4n) is 2.67. The maximum absolute atomic E-state index is 12.2. The van der Waals surface area contributed by atoms with E-state index in [1.165, 1.54) is 18.2 Å². The van der Waals surface area contributed by atoms with Crippen LogP contribution in [0.2, 0.25) is 0 Å². The number of nitrogens with one attached hydrogen (secondary N) is 1. The first-order chi connectivity index (χ1) is 13.7. The lowest BCUT2D eigenvalue weighted by Gasteiger charge is -2.19. The Morgan fingerprint density at radius 2 is 1.79 bits per heavy atom. The molecule has 0 atom stereocenters. The van der Waals surface area contributed by atoms with Crippen LogP contribution in [0.5, 0.6) is 0 Å². The first kappa shape index (κ1) is 22.4. The normalized spacial score (nSPS) is 11.0. The van der Waals surface area contributed by atoms with Crippen molar-refractivity contribution in [2.24, 2.45) is 0 Å². The summed E-state index contributed by atoms with van der Waals surface area (Å²) >= 11 is 0. The van der Waals surface area contributed by atoms with Gasteiger partial charge in [0.15, 0.2) is 16.4 Å². The number of sulfone groups is 1. The molecule has 0 saturated heterocycles. The molecule has 0 aromatic heterocycles. The Morgan fingerprint density at radius 1 is 1.10 bits per heavy atom. The van der Waals surface area contributed by atoms with Gasteiger partial charge in [0.05, 0.1) is 10.5 Å². The summed E-state index contributed by atoms with van der Waals surface area (Å²) in [4.78, 5) is 26.2. The van der Waals surface area contributed by atoms with Crippen LogP contribution in [0.15, 0.2) is 53.4 Å². The van der Waals surface area contributed by atoms with Crippen LogP contribution in [-0.4, -0.2) is 53.3 Å². The Balaban J connectivity index is 1.77. The molecule has 0 saturated carbocycles. The molecule has 7 nitrogen and oxygen atoms in total. The highest BCUT2D eigenvalue weighted by Crippen LogP contribution is 2.16. The van der Waals surface area contributed by atoms with E-state index >= 15 is 0 Å². The van der Waals surface area contributed by atoms with Gasteiger partial charge in [0.2, 0.25) is 0 Å². The summed E-state index contributed by atoms with van der Waals surface area (Å²) in [6, 6.07) is 14.2. The Hall–Kier alpha value is -2.87. The molecule has 1 amide bonds. The number of hydrogen-bond donors (Lipinski definition) is 1. The first-order valence-electron chi connectivity index (χ1n) is 9.19. The molecule has 0 radical (unpaired) electrons. The monoisotopic (exact) mass is 418 g/mol. The molecular formula is C21H26N2O5S. The van der Waals surface area contributed by atoms with Gasteiger partial charge in [0, 0.05) is 32.1 Å². The number of esters is 1. The Labute approximate surface area is 171 Å². The smallest absolute Gasteiger partial charge is 0.338 e. The van der Waals surface area contributed by atoms with Gasteiger partial charge in [-0.1, -0.05) is 24.3 Å². The van der Waals surface area contributed by atoms with Gasteiger partial charge in [0.25, 0.3) is 5.91 Å². The third-order valence-corrected chi connectivity index (χ3v) is 5.49. The maximum Gasteiger partial charge on any atom is 0.338 e. The van der Waals surface area contributed by atoms with E-state index in [4.69, 9.17) is 4.74 Å². The molecule has 8 heteroatoms. The predicted molar refractivity (Wildman–Crippen MR) is 112 cm³/mol. The van der Waals surface area contributed by atoms with Crippen molar-refractivity contribution in [2.75, 3.05) is 37.9 Å². The standard InChI is InChI=1S/C21H26N2O5S/c1-16-10-11-18(29(3,26)27)14-19(16)21(25)28-15-20(24)22-12-7-13-23(2)17-8-5-4-6-9-17/h4-6,8-11,14H,7,12-13,15H2,1-3H3,(H,22,24). The van der Waals surface area contributed by atoms with E-state index in [1.807, 2.05) is 37.4 Å². The molecule has 0 spiro atoms. The summed E-state index contributed by atoms with van der Waals surface area (Å²) < 4.78 is 28.3. The Morgan fingerprint density at radius 3 is 2.45 bits per heavy atom. The molecule has 156 valence electrons. The molecule has 2 aromatic rings. The zero-order valence-corrected chi connectivity index (χ0v) is 17.7. The van der Waals surface area contributed by atoms with Gasteiger partial charge < -0.3 is 15.0 Å². The highest BCUT2D eigenvalue weighted by Gasteiger charge is 2.16. The fraction of sp³-hybridized carbons (Fsp3) is 0.333. The molecule has 2 rings (SSSR count). The average molecular weight is 419 g/mol. The minimum atomic E-state index is -3.44. The third-order valence-electron chi connectivity index (χ3n) is 4.38. The lowest BCUT2D eigenvalue weighted by molar-refractivity contribution is -0.124. The van der Waals surface area contributed by atoms with Crippen molar-refractivity contribution < 1.29 is 22.7 Å². The zero-order valence-electron chi connectivity index (χ0n) is 16.8. The van der Waals surface area contributed by atoms with Crippen LogP contribution in [0.1, 0.15) is 22.3 Å². The van der Waals surface area contributed by atoms with Gasteiger partial charge in [-0.05, 0) is 43.2 Å². The van der Waals surface area contributed by atoms with Gasteiger partial charge in [-0.25, -0.2) is 13.2 Å². The van der Waals surface area contributed by atoms with E-state index < -0.39 is 28.3 Å². The van der Waals surface area contributed by atoms with Crippen molar-refractivity contribution in [3.05, 3.63) is 59.7 Å². The summed E-state index contributed by atoms with van der Waals surface area (Å²) in [5.41, 5.74) is 1.80. The third kappa shape index (κ3) is 6.90. The first-order valence-corrected chi connectivity index (χ1v) is 11.1. The quantitative estimate of drug-likeness (QED) is 0.496. The number of amides is 1. The van der Waals surface area contributed by atoms with Crippen LogP contribution in [0.25, 0.3) is 0 Å². The van der Waals surface area contributed by atoms with E-state index in [9.17, 15) is 18.0 Å². The highest BCUT2D eigenvalue weighted by atomic mass is 32.2. The summed E-state index contributed by atoms with van der Waals surface area (Å²) in [7, 11) is -1.46. The molecule has 0 aliphatic heterocycles. The van der Waals surface area contributed by atoms with Gasteiger partial charge >= 0.3 is 5.97 Å². The van der Waals surface area contributed by atoms with Crippen molar-refractivity contribution >= 4 is 27.4 Å². The number of rotatable bonds is 9. The SMILES string of the molecule is Cc1ccc(S(C)(=O)=O)cc1C(=O)OCC(=O)NCCCN(C)c1ccccc1. The van der Waals surface area contributed by atoms with Crippen molar-refractivity contribution in [1.82, 2.24) is 5.32 Å². The van der Waals surface area contributed by atoms with Crippen LogP contribution < -0.4 is 10.2 Å². The van der Waals surface area contributed by atoms with Gasteiger partial charge in [-0.3, -0.25) is 4.79 Å². The average Bonchev–Trinajstić information content (AvgIpc) is 2.69. The molecule has 2 aromatic carbocycles. The lowest BCUT2D eigenvalue weighted by Crippen LogP contribution is -2.31. The van der Waals surface area contributed by atoms with Gasteiger partial charge in [-0.15, -0.1) is 0 Å². The largest absolute Gasteiger partial charge is 0.452 e. The lowest BCUT2D eigenvalue weighted by atomic mass is 10.1. The second kappa shape index (κ2) is 10.1. The van der Waals surface area contributed by atoms with Gasteiger partial charge in [-0.2, -0.15) is 0 Å². The molecule has 0 aliphatic carbocycles. The Bertz CT molecular complexity index is 958. The number of nitrogens with zero attached hydrogens (tertiary/aromatic N) is 1. The van der Waals surface area contributed by atoms with Crippen molar-refractivity contribution in [1.29, 1.82) is 0 Å². The summed E-state index contributed by atoms with van der Waals surface area (Å²) in [6.45, 7) is 2.47. The molecule has 0 fully saturated rings. The van der Waals surface area contributed by atoms with E-state index in [2.05, 4.69) is 10.2 Å². The number of hydrogen-bond acceptors (Lipinski definition) is 6. The Kier molecular flexibility index (Phi) is 7.78. The van der Waals surface area contributed by atoms with Gasteiger partial charge in [0.1, 0.15) is 0 Å². The van der Waals surface area contributed by atoms with E-state index in [0.29, 0.717) is 12.1 Å². The molecular weight excluding hydrogens is 392 g/mol. The van der Waals surface area contributed by atoms with Crippen LogP contribution in [0.4, 0.5) is 5.69 Å². The number of para-hydroxylation sites is 1. The second-order valence-corrected chi connectivity index (χ2v) is 8.80. The van der Waals surface area contributed by atoms with Crippen LogP contribution in [-0.2, 0) is 19.4 Å². The minimum absolute atomic E-state index is 0.0297. The maximum atomic E-state index is 12.2. The predicted octanol–water partition coefficient (Wildman–Crippen LogP) is 2.20. The number of ether oxygens (including phenoxy) is 1. The molecule has 0 heterocycles. The van der Waals surface area contributed by atoms with Crippen molar-refractivity contribution in [3.8, 4) is 0 Å². The molecule has 0 aliphatic rings. The molecule has 0 unspecified atom stereocenters. The number of benzene rings is 2. The summed E-state index contributed by atoms with van der Waals surface area (Å²) in [5, 5.41) is 2.71. The van der Waals surface area contributed by atoms with Crippen LogP contribution in [0, 0.1) is 6.92 Å². The van der Waals surface area contributed by atoms with Crippen LogP contribution >= 0.6 is 0 Å². The van der Waals surface area contributed by atoms with E-state index in [-0.39, 0.29) is 10.5 Å². The topological polar surface area (TPSA) is 92.8 Å². The van der Waals surface area contributed by atoms with E-state index in [1.54, 1.807) is 6.92 Å². The highest BCUT2D eigenvalue weighted by molar-refractivity contribution is 7.90. The number of carbonyl (C=O) groups is 2. The number of carbonyl (C=O) groups excluding carboxylic acids is 2. The summed E-state index contributed by atoms with van der Waals surface area (Å²) in [6.07, 6.45) is 1.80. The minimum Gasteiger partial charge on any atom is -0.452 e. The zero-order chi connectivity index (χ0) is 21.4. The molecule has 29 heavy (non-hydrogen) atoms. The van der Waals surface area contributed by atoms with Crippen molar-refractivity contribution in [3.63, 3.8) is 0 Å². The number of aryl methyl sites for hydroxylation is 1.